The van der Waals surface area contributed by atoms with Crippen molar-refractivity contribution >= 4 is 11.7 Å². The Bertz CT molecular complexity index is 1020. The number of benzene rings is 1. The number of nitrogens with two attached hydrogens (primary N) is 1. The van der Waals surface area contributed by atoms with Crippen LogP contribution >= 0.6 is 0 Å². The molecule has 34 heavy (non-hydrogen) atoms. The maximum absolute atomic E-state index is 15.6. The van der Waals surface area contributed by atoms with Gasteiger partial charge in [0.15, 0.2) is 23.1 Å². The number of pyridine rings is 1. The van der Waals surface area contributed by atoms with Gasteiger partial charge < -0.3 is 15.4 Å². The number of hydrogen-bond donors (Lipinski definition) is 1. The number of nitrogen functional groups attached to an aromatic ring is 1. The summed E-state index contributed by atoms with van der Waals surface area (Å²) in [6, 6.07) is 4.75. The highest BCUT2D eigenvalue weighted by Crippen LogP contribution is 2.33. The Balaban J connectivity index is 1.32. The van der Waals surface area contributed by atoms with Crippen molar-refractivity contribution in [2.45, 2.75) is 44.5 Å². The molecule has 0 bridgehead atoms. The first-order chi connectivity index (χ1) is 16.1. The van der Waals surface area contributed by atoms with Crippen LogP contribution < -0.4 is 10.5 Å². The number of halogens is 4. The summed E-state index contributed by atoms with van der Waals surface area (Å²) < 4.78 is 62.2. The maximum Gasteiger partial charge on any atom is 0.260 e. The second kappa shape index (κ2) is 9.77. The number of ether oxygens (including phenoxy) is 1. The molecule has 2 aromatic rings. The van der Waals surface area contributed by atoms with E-state index in [1.165, 1.54) is 4.90 Å². The van der Waals surface area contributed by atoms with Crippen LogP contribution in [0.3, 0.4) is 0 Å². The van der Waals surface area contributed by atoms with Crippen molar-refractivity contribution in [2.75, 3.05) is 31.9 Å². The molecule has 2 aliphatic rings. The lowest BCUT2D eigenvalue weighted by Gasteiger charge is -2.42. The third kappa shape index (κ3) is 5.27. The SMILES string of the molecule is CC1CN(C(=O)C2(F)CCN(Cc3ccnc(N)c3)CC2)CCC1Oc1c(F)cc(F)cc1F. The average molecular weight is 481 g/mol. The number of carbonyl (C=O) groups is 1. The minimum Gasteiger partial charge on any atom is -0.484 e. The fourth-order valence-electron chi connectivity index (χ4n) is 4.69. The van der Waals surface area contributed by atoms with Crippen molar-refractivity contribution in [3.63, 3.8) is 0 Å². The molecule has 6 nitrogen and oxygen atoms in total. The highest BCUT2D eigenvalue weighted by molar-refractivity contribution is 5.85. The average Bonchev–Trinajstić information content (AvgIpc) is 2.78. The van der Waals surface area contributed by atoms with E-state index in [1.807, 2.05) is 6.07 Å². The van der Waals surface area contributed by atoms with Crippen molar-refractivity contribution in [1.29, 1.82) is 0 Å². The van der Waals surface area contributed by atoms with Gasteiger partial charge in [-0.3, -0.25) is 9.69 Å². The fourth-order valence-corrected chi connectivity index (χ4v) is 4.69. The summed E-state index contributed by atoms with van der Waals surface area (Å²) in [6.45, 7) is 3.67. The molecule has 1 aromatic heterocycles. The number of likely N-dealkylation sites (tertiary alicyclic amines) is 2. The van der Waals surface area contributed by atoms with Gasteiger partial charge in [0, 0.05) is 76.2 Å². The molecule has 1 aromatic carbocycles. The summed E-state index contributed by atoms with van der Waals surface area (Å²) >= 11 is 0. The van der Waals surface area contributed by atoms with E-state index >= 15 is 4.39 Å². The number of piperidine rings is 2. The molecular formula is C24H28F4N4O2. The molecule has 2 saturated heterocycles. The second-order valence-corrected chi connectivity index (χ2v) is 9.20. The summed E-state index contributed by atoms with van der Waals surface area (Å²) in [7, 11) is 0. The van der Waals surface area contributed by atoms with Crippen LogP contribution in [0.25, 0.3) is 0 Å². The van der Waals surface area contributed by atoms with Crippen LogP contribution in [0.4, 0.5) is 23.4 Å². The minimum absolute atomic E-state index is 0.0865. The number of anilines is 1. The Morgan fingerprint density at radius 2 is 1.85 bits per heavy atom. The number of rotatable bonds is 5. The zero-order chi connectivity index (χ0) is 24.5. The third-order valence-corrected chi connectivity index (χ3v) is 6.63. The Hall–Kier alpha value is -2.88. The molecule has 2 aliphatic heterocycles. The first-order valence-corrected chi connectivity index (χ1v) is 11.4. The Labute approximate surface area is 195 Å². The van der Waals surface area contributed by atoms with Gasteiger partial charge in [0.05, 0.1) is 0 Å². The lowest BCUT2D eigenvalue weighted by molar-refractivity contribution is -0.150. The van der Waals surface area contributed by atoms with Crippen molar-refractivity contribution in [3.05, 3.63) is 53.5 Å². The molecule has 2 atom stereocenters. The topological polar surface area (TPSA) is 71.7 Å². The van der Waals surface area contributed by atoms with E-state index < -0.39 is 40.9 Å². The van der Waals surface area contributed by atoms with Gasteiger partial charge in [0.2, 0.25) is 0 Å². The molecule has 2 N–H and O–H groups in total. The molecule has 0 saturated carbocycles. The van der Waals surface area contributed by atoms with Crippen LogP contribution in [-0.2, 0) is 11.3 Å². The largest absolute Gasteiger partial charge is 0.484 e. The van der Waals surface area contributed by atoms with E-state index in [4.69, 9.17) is 10.5 Å². The van der Waals surface area contributed by atoms with Crippen molar-refractivity contribution < 1.29 is 27.1 Å². The molecule has 4 rings (SSSR count). The van der Waals surface area contributed by atoms with Crippen molar-refractivity contribution in [2.24, 2.45) is 5.92 Å². The quantitative estimate of drug-likeness (QED) is 0.661. The predicted octanol–water partition coefficient (Wildman–Crippen LogP) is 3.70. The van der Waals surface area contributed by atoms with Gasteiger partial charge in [-0.25, -0.2) is 22.5 Å². The first-order valence-electron chi connectivity index (χ1n) is 11.4. The molecule has 0 aliphatic carbocycles. The maximum atomic E-state index is 15.6. The van der Waals surface area contributed by atoms with E-state index in [9.17, 15) is 18.0 Å². The molecule has 1 amide bonds. The second-order valence-electron chi connectivity index (χ2n) is 9.20. The molecule has 2 unspecified atom stereocenters. The zero-order valence-corrected chi connectivity index (χ0v) is 18.9. The summed E-state index contributed by atoms with van der Waals surface area (Å²) in [4.78, 5) is 20.6. The third-order valence-electron chi connectivity index (χ3n) is 6.63. The number of amides is 1. The minimum atomic E-state index is -1.95. The van der Waals surface area contributed by atoms with Gasteiger partial charge in [-0.2, -0.15) is 0 Å². The normalized spacial score (nSPS) is 23.0. The van der Waals surface area contributed by atoms with Crippen LogP contribution in [0.15, 0.2) is 30.5 Å². The number of alkyl halides is 1. The zero-order valence-electron chi connectivity index (χ0n) is 18.9. The van der Waals surface area contributed by atoms with Crippen molar-refractivity contribution in [1.82, 2.24) is 14.8 Å². The Kier molecular flexibility index (Phi) is 6.97. The molecule has 10 heteroatoms. The number of aromatic nitrogens is 1. The van der Waals surface area contributed by atoms with Gasteiger partial charge in [-0.05, 0) is 17.7 Å². The number of hydrogen-bond acceptors (Lipinski definition) is 5. The van der Waals surface area contributed by atoms with Crippen molar-refractivity contribution in [3.8, 4) is 5.75 Å². The van der Waals surface area contributed by atoms with E-state index in [2.05, 4.69) is 9.88 Å². The van der Waals surface area contributed by atoms with Gasteiger partial charge in [-0.1, -0.05) is 6.92 Å². The summed E-state index contributed by atoms with van der Waals surface area (Å²) in [6.07, 6.45) is 1.51. The highest BCUT2D eigenvalue weighted by Gasteiger charge is 2.45. The van der Waals surface area contributed by atoms with Crippen LogP contribution in [0.5, 0.6) is 5.75 Å². The van der Waals surface area contributed by atoms with Crippen LogP contribution in [0.2, 0.25) is 0 Å². The highest BCUT2D eigenvalue weighted by atomic mass is 19.2. The van der Waals surface area contributed by atoms with Gasteiger partial charge >= 0.3 is 0 Å². The van der Waals surface area contributed by atoms with Crippen LogP contribution in [0, 0.1) is 23.4 Å². The number of carbonyl (C=O) groups excluding carboxylic acids is 1. The molecule has 2 fully saturated rings. The van der Waals surface area contributed by atoms with Gasteiger partial charge in [0.1, 0.15) is 17.7 Å². The van der Waals surface area contributed by atoms with E-state index in [0.29, 0.717) is 37.6 Å². The smallest absolute Gasteiger partial charge is 0.260 e. The predicted molar refractivity (Wildman–Crippen MR) is 118 cm³/mol. The summed E-state index contributed by atoms with van der Waals surface area (Å²) in [5, 5.41) is 0. The lowest BCUT2D eigenvalue weighted by Crippen LogP contribution is -2.56. The van der Waals surface area contributed by atoms with Crippen LogP contribution in [0.1, 0.15) is 31.7 Å². The first kappa shape index (κ1) is 24.3. The monoisotopic (exact) mass is 480 g/mol. The van der Waals surface area contributed by atoms with Gasteiger partial charge in [-0.15, -0.1) is 0 Å². The van der Waals surface area contributed by atoms with Gasteiger partial charge in [0.25, 0.3) is 5.91 Å². The standard InChI is InChI=1S/C24H28F4N4O2/c1-15-13-32(7-3-20(15)34-22-18(26)11-17(25)12-19(22)27)23(33)24(28)4-8-31(9-5-24)14-16-2-6-30-21(29)10-16/h2,6,10-12,15,20H,3-5,7-9,13-14H2,1H3,(H2,29,30). The Morgan fingerprint density at radius 3 is 2.47 bits per heavy atom. The van der Waals surface area contributed by atoms with E-state index in [-0.39, 0.29) is 38.3 Å². The summed E-state index contributed by atoms with van der Waals surface area (Å²) in [5.41, 5.74) is 4.75. The lowest BCUT2D eigenvalue weighted by atomic mass is 9.89. The molecule has 0 spiro atoms. The van der Waals surface area contributed by atoms with E-state index in [0.717, 1.165) is 5.56 Å². The molecule has 0 radical (unpaired) electrons. The fraction of sp³-hybridized carbons (Fsp3) is 0.500. The Morgan fingerprint density at radius 1 is 1.18 bits per heavy atom. The van der Waals surface area contributed by atoms with E-state index in [1.54, 1.807) is 19.2 Å². The summed E-state index contributed by atoms with van der Waals surface area (Å²) in [5.74, 6) is -4.31. The molecular weight excluding hydrogens is 452 g/mol. The molecule has 184 valence electrons. The molecule has 3 heterocycles. The van der Waals surface area contributed by atoms with Crippen LogP contribution in [-0.4, -0.2) is 58.6 Å². The number of nitrogens with zero attached hydrogens (tertiary/aromatic N) is 3.